The molecule has 0 bridgehead atoms. The molecule has 43 heavy (non-hydrogen) atoms. The number of hydrogen-bond acceptors (Lipinski definition) is 12. The second-order valence-corrected chi connectivity index (χ2v) is 12.1. The van der Waals surface area contributed by atoms with Gasteiger partial charge in [-0.3, -0.25) is 0 Å². The van der Waals surface area contributed by atoms with E-state index < -0.39 is 41.8 Å². The van der Waals surface area contributed by atoms with Crippen molar-refractivity contribution >= 4 is 66.6 Å². The van der Waals surface area contributed by atoms with Gasteiger partial charge in [0.2, 0.25) is 20.0 Å². The van der Waals surface area contributed by atoms with E-state index in [4.69, 9.17) is 42.3 Å². The van der Waals surface area contributed by atoms with Crippen LogP contribution in [0.15, 0.2) is 79.7 Å². The second-order valence-electron chi connectivity index (χ2n) is 8.19. The molecule has 0 atom stereocenters. The Bertz CT molecular complexity index is 1680. The molecule has 2 aromatic heterocycles. The molecule has 0 saturated heterocycles. The third-order valence-corrected chi connectivity index (χ3v) is 8.01. The number of sulfonamides is 2. The number of nitrogens with one attached hydrogen (secondary N) is 2. The Morgan fingerprint density at radius 2 is 1.07 bits per heavy atom. The van der Waals surface area contributed by atoms with Crippen molar-refractivity contribution in [3.05, 3.63) is 93.7 Å². The maximum Gasteiger partial charge on any atom is 2.00 e. The maximum atomic E-state index is 11.3. The quantitative estimate of drug-likeness (QED) is 0.168. The molecule has 224 valence electrons. The first-order valence-electron chi connectivity index (χ1n) is 11.3. The first-order chi connectivity index (χ1) is 19.6. The summed E-state index contributed by atoms with van der Waals surface area (Å²) in [6, 6.07) is 10.8. The number of benzene rings is 2. The summed E-state index contributed by atoms with van der Waals surface area (Å²) in [4.78, 5) is 21.3. The molecule has 14 nitrogen and oxygen atoms in total. The molecule has 0 aliphatic heterocycles. The van der Waals surface area contributed by atoms with Gasteiger partial charge in [-0.25, -0.2) is 27.1 Å². The van der Waals surface area contributed by atoms with Crippen LogP contribution in [0.3, 0.4) is 0 Å². The number of halogens is 2. The van der Waals surface area contributed by atoms with Crippen molar-refractivity contribution < 1.29 is 64.9 Å². The van der Waals surface area contributed by atoms with Crippen LogP contribution in [0.5, 0.6) is 0 Å². The van der Waals surface area contributed by atoms with E-state index in [1.807, 2.05) is 0 Å². The van der Waals surface area contributed by atoms with Crippen molar-refractivity contribution in [1.29, 1.82) is 0 Å². The molecule has 0 aliphatic carbocycles. The number of furan rings is 2. The number of carbonyl (C=O) groups is 2. The molecule has 0 unspecified atom stereocenters. The average molecular weight is 725 g/mol. The number of carbonyl (C=O) groups excluding carboxylic acids is 2. The van der Waals surface area contributed by atoms with Crippen molar-refractivity contribution in [3.63, 3.8) is 0 Å². The zero-order valence-electron chi connectivity index (χ0n) is 21.7. The van der Waals surface area contributed by atoms with Crippen molar-refractivity contribution in [1.82, 2.24) is 0 Å². The number of nitrogens with two attached hydrogens (primary N) is 2. The van der Waals surface area contributed by atoms with Gasteiger partial charge in [-0.05, 0) is 48.5 Å². The SMILES string of the molecule is NS(=O)(=O)c1cc(C(=O)[O-])c(NCc2ccco2)cc1Cl.NS(=O)(=O)c1cc(C(=O)[O-])c(NCc2ccco2)cc1Cl.[Zn+2]. The van der Waals surface area contributed by atoms with E-state index in [9.17, 15) is 36.6 Å². The van der Waals surface area contributed by atoms with E-state index >= 15 is 0 Å². The summed E-state index contributed by atoms with van der Waals surface area (Å²) in [6.07, 6.45) is 2.93. The Labute approximate surface area is 267 Å². The van der Waals surface area contributed by atoms with Gasteiger partial charge in [-0.15, -0.1) is 0 Å². The van der Waals surface area contributed by atoms with E-state index in [2.05, 4.69) is 10.6 Å². The zero-order chi connectivity index (χ0) is 31.2. The monoisotopic (exact) mass is 722 g/mol. The van der Waals surface area contributed by atoms with E-state index in [1.165, 1.54) is 12.5 Å². The van der Waals surface area contributed by atoms with Gasteiger partial charge in [0, 0.05) is 22.5 Å². The van der Waals surface area contributed by atoms with Gasteiger partial charge in [-0.2, -0.15) is 0 Å². The summed E-state index contributed by atoms with van der Waals surface area (Å²) in [5, 5.41) is 37.4. The topological polar surface area (TPSA) is 251 Å². The van der Waals surface area contributed by atoms with Crippen molar-refractivity contribution in [2.24, 2.45) is 10.3 Å². The molecule has 6 N–H and O–H groups in total. The number of carboxylic acid groups (broad SMARTS) is 2. The Morgan fingerprint density at radius 3 is 1.33 bits per heavy atom. The first-order valence-corrected chi connectivity index (χ1v) is 15.1. The molecule has 2 aromatic carbocycles. The van der Waals surface area contributed by atoms with Gasteiger partial charge in [-0.1, -0.05) is 23.2 Å². The molecular formula is C24H20Cl2N4O10S2Zn. The Morgan fingerprint density at radius 1 is 0.721 bits per heavy atom. The molecule has 0 amide bonds. The fourth-order valence-electron chi connectivity index (χ4n) is 3.36. The summed E-state index contributed by atoms with van der Waals surface area (Å²) in [5.74, 6) is -1.99. The molecule has 0 fully saturated rings. The van der Waals surface area contributed by atoms with E-state index in [0.717, 1.165) is 24.3 Å². The molecule has 4 rings (SSSR count). The van der Waals surface area contributed by atoms with Gasteiger partial charge in [0.15, 0.2) is 0 Å². The third-order valence-electron chi connectivity index (χ3n) is 5.26. The number of carboxylic acids is 2. The molecule has 0 radical (unpaired) electrons. The van der Waals surface area contributed by atoms with Crippen molar-refractivity contribution in [2.45, 2.75) is 22.9 Å². The molecule has 0 spiro atoms. The van der Waals surface area contributed by atoms with Crippen LogP contribution in [0.25, 0.3) is 0 Å². The summed E-state index contributed by atoms with van der Waals surface area (Å²) in [6.45, 7) is 0.386. The summed E-state index contributed by atoms with van der Waals surface area (Å²) in [7, 11) is -8.27. The molecule has 2 heterocycles. The normalized spacial score (nSPS) is 11.1. The van der Waals surface area contributed by atoms with Crippen molar-refractivity contribution in [2.75, 3.05) is 10.6 Å². The standard InChI is InChI=1S/2C12H11ClN2O5S.Zn/c2*13-9-5-10(15-6-7-2-1-3-20-7)8(12(16)17)4-11(9)21(14,18)19;/h2*1-5,15H,6H2,(H,16,17)(H2,14,18,19);/q;;+2/p-2. The molecule has 0 saturated carbocycles. The fraction of sp³-hybridized carbons (Fsp3) is 0.0833. The van der Waals surface area contributed by atoms with Gasteiger partial charge in [0.1, 0.15) is 21.3 Å². The number of anilines is 2. The minimum absolute atomic E-state index is 0. The maximum absolute atomic E-state index is 11.3. The minimum Gasteiger partial charge on any atom is -0.545 e. The van der Waals surface area contributed by atoms with Crippen LogP contribution in [-0.2, 0) is 52.6 Å². The first kappa shape index (κ1) is 35.8. The number of rotatable bonds is 10. The van der Waals surface area contributed by atoms with Crippen LogP contribution < -0.4 is 31.1 Å². The molecular weight excluding hydrogens is 705 g/mol. The molecule has 4 aromatic rings. The third kappa shape index (κ3) is 9.79. The fourth-order valence-corrected chi connectivity index (χ4v) is 5.56. The number of primary sulfonamides is 2. The summed E-state index contributed by atoms with van der Waals surface area (Å²) < 4.78 is 55.5. The van der Waals surface area contributed by atoms with Gasteiger partial charge < -0.3 is 39.3 Å². The van der Waals surface area contributed by atoms with Crippen LogP contribution in [0.4, 0.5) is 11.4 Å². The summed E-state index contributed by atoms with van der Waals surface area (Å²) in [5.41, 5.74) is -0.530. The van der Waals surface area contributed by atoms with Crippen LogP contribution in [0.2, 0.25) is 10.0 Å². The van der Waals surface area contributed by atoms with Crippen LogP contribution in [0, 0.1) is 0 Å². The smallest absolute Gasteiger partial charge is 0.545 e. The van der Waals surface area contributed by atoms with Crippen LogP contribution >= 0.6 is 23.2 Å². The Kier molecular flexibility index (Phi) is 12.3. The number of hydrogen-bond donors (Lipinski definition) is 4. The minimum atomic E-state index is -4.13. The average Bonchev–Trinajstić information content (AvgIpc) is 3.59. The largest absolute Gasteiger partial charge is 2.00 e. The molecule has 19 heteroatoms. The molecule has 0 aliphatic rings. The van der Waals surface area contributed by atoms with E-state index in [1.54, 1.807) is 24.3 Å². The van der Waals surface area contributed by atoms with Crippen molar-refractivity contribution in [3.8, 4) is 0 Å². The van der Waals surface area contributed by atoms with Crippen LogP contribution in [0.1, 0.15) is 32.2 Å². The van der Waals surface area contributed by atoms with E-state index in [0.29, 0.717) is 11.5 Å². The van der Waals surface area contributed by atoms with Gasteiger partial charge in [0.05, 0.1) is 47.6 Å². The predicted molar refractivity (Wildman–Crippen MR) is 146 cm³/mol. The van der Waals surface area contributed by atoms with Crippen LogP contribution in [-0.4, -0.2) is 28.8 Å². The number of aromatic carboxylic acids is 2. The zero-order valence-corrected chi connectivity index (χ0v) is 27.8. The Balaban J connectivity index is 0.000000293. The van der Waals surface area contributed by atoms with Gasteiger partial charge >= 0.3 is 19.5 Å². The predicted octanol–water partition coefficient (Wildman–Crippen LogP) is 1.11. The summed E-state index contributed by atoms with van der Waals surface area (Å²) >= 11 is 11.6. The Hall–Kier alpha value is -3.44. The van der Waals surface area contributed by atoms with Gasteiger partial charge in [0.25, 0.3) is 0 Å². The van der Waals surface area contributed by atoms with E-state index in [-0.39, 0.29) is 65.1 Å². The second kappa shape index (κ2) is 14.8.